The van der Waals surface area contributed by atoms with Crippen LogP contribution in [0.4, 0.5) is 5.82 Å². The van der Waals surface area contributed by atoms with E-state index in [-0.39, 0.29) is 0 Å². The SMILES string of the molecule is COc1cccc(CNc2cc(C)c(C)nn2)c1OC. The maximum Gasteiger partial charge on any atom is 0.165 e. The first-order valence-electron chi connectivity index (χ1n) is 6.40. The summed E-state index contributed by atoms with van der Waals surface area (Å²) in [5.41, 5.74) is 3.06. The molecular weight excluding hydrogens is 254 g/mol. The molecule has 20 heavy (non-hydrogen) atoms. The Labute approximate surface area is 118 Å². The van der Waals surface area contributed by atoms with Crippen LogP contribution in [0.15, 0.2) is 24.3 Å². The molecule has 0 radical (unpaired) electrons. The Morgan fingerprint density at radius 1 is 1.10 bits per heavy atom. The minimum Gasteiger partial charge on any atom is -0.493 e. The summed E-state index contributed by atoms with van der Waals surface area (Å²) in [5.74, 6) is 2.20. The molecule has 0 aliphatic rings. The van der Waals surface area contributed by atoms with Crippen LogP contribution in [-0.2, 0) is 6.54 Å². The van der Waals surface area contributed by atoms with Crippen molar-refractivity contribution in [2.45, 2.75) is 20.4 Å². The van der Waals surface area contributed by atoms with Crippen LogP contribution < -0.4 is 14.8 Å². The van der Waals surface area contributed by atoms with E-state index in [1.807, 2.05) is 38.1 Å². The van der Waals surface area contributed by atoms with Gasteiger partial charge in [0.2, 0.25) is 0 Å². The number of anilines is 1. The van der Waals surface area contributed by atoms with Crippen molar-refractivity contribution in [2.24, 2.45) is 0 Å². The van der Waals surface area contributed by atoms with Crippen LogP contribution in [0.2, 0.25) is 0 Å². The van der Waals surface area contributed by atoms with Gasteiger partial charge in [0.15, 0.2) is 11.5 Å². The van der Waals surface area contributed by atoms with Gasteiger partial charge in [-0.3, -0.25) is 0 Å². The first kappa shape index (κ1) is 14.1. The molecule has 1 heterocycles. The summed E-state index contributed by atoms with van der Waals surface area (Å²) < 4.78 is 10.7. The summed E-state index contributed by atoms with van der Waals surface area (Å²) in [6.45, 7) is 4.55. The highest BCUT2D eigenvalue weighted by Gasteiger charge is 2.09. The number of nitrogens with one attached hydrogen (secondary N) is 1. The molecule has 2 aromatic rings. The summed E-state index contributed by atoms with van der Waals surface area (Å²) in [5, 5.41) is 11.5. The molecule has 5 nitrogen and oxygen atoms in total. The number of aromatic nitrogens is 2. The number of aryl methyl sites for hydroxylation is 2. The Balaban J connectivity index is 2.16. The molecule has 0 saturated carbocycles. The van der Waals surface area contributed by atoms with Crippen molar-refractivity contribution in [3.8, 4) is 11.5 Å². The van der Waals surface area contributed by atoms with Crippen LogP contribution >= 0.6 is 0 Å². The summed E-state index contributed by atoms with van der Waals surface area (Å²) in [7, 11) is 3.26. The average molecular weight is 273 g/mol. The zero-order chi connectivity index (χ0) is 14.5. The summed E-state index contributed by atoms with van der Waals surface area (Å²) in [6.07, 6.45) is 0. The van der Waals surface area contributed by atoms with Crippen LogP contribution in [0.25, 0.3) is 0 Å². The minimum absolute atomic E-state index is 0.595. The molecule has 0 amide bonds. The Bertz CT molecular complexity index is 600. The van der Waals surface area contributed by atoms with Gasteiger partial charge in [0.1, 0.15) is 5.82 Å². The lowest BCUT2D eigenvalue weighted by molar-refractivity contribution is 0.352. The number of hydrogen-bond donors (Lipinski definition) is 1. The molecule has 1 aromatic heterocycles. The molecule has 0 fully saturated rings. The van der Waals surface area contributed by atoms with Crippen molar-refractivity contribution in [2.75, 3.05) is 19.5 Å². The van der Waals surface area contributed by atoms with E-state index in [0.717, 1.165) is 34.1 Å². The molecule has 0 unspecified atom stereocenters. The normalized spacial score (nSPS) is 10.2. The summed E-state index contributed by atoms with van der Waals surface area (Å²) >= 11 is 0. The van der Waals surface area contributed by atoms with Crippen molar-refractivity contribution in [1.82, 2.24) is 10.2 Å². The summed E-state index contributed by atoms with van der Waals surface area (Å²) in [6, 6.07) is 7.78. The van der Waals surface area contributed by atoms with Gasteiger partial charge in [-0.1, -0.05) is 12.1 Å². The molecule has 0 aliphatic heterocycles. The third-order valence-electron chi connectivity index (χ3n) is 3.18. The largest absolute Gasteiger partial charge is 0.493 e. The van der Waals surface area contributed by atoms with Gasteiger partial charge in [-0.25, -0.2) is 0 Å². The van der Waals surface area contributed by atoms with Crippen molar-refractivity contribution in [1.29, 1.82) is 0 Å². The standard InChI is InChI=1S/C15H19N3O2/c1-10-8-14(18-17-11(10)2)16-9-12-6-5-7-13(19-3)15(12)20-4/h5-8H,9H2,1-4H3,(H,16,18). The lowest BCUT2D eigenvalue weighted by atomic mass is 10.2. The lowest BCUT2D eigenvalue weighted by Gasteiger charge is -2.13. The highest BCUT2D eigenvalue weighted by molar-refractivity contribution is 5.48. The first-order valence-corrected chi connectivity index (χ1v) is 6.40. The number of nitrogens with zero attached hydrogens (tertiary/aromatic N) is 2. The Hall–Kier alpha value is -2.30. The third kappa shape index (κ3) is 2.99. The first-order chi connectivity index (χ1) is 9.65. The van der Waals surface area contributed by atoms with Crippen molar-refractivity contribution in [3.63, 3.8) is 0 Å². The zero-order valence-electron chi connectivity index (χ0n) is 12.2. The lowest BCUT2D eigenvalue weighted by Crippen LogP contribution is -2.05. The third-order valence-corrected chi connectivity index (χ3v) is 3.18. The maximum atomic E-state index is 5.40. The number of rotatable bonds is 5. The van der Waals surface area contributed by atoms with Gasteiger partial charge >= 0.3 is 0 Å². The molecule has 0 saturated heterocycles. The van der Waals surface area contributed by atoms with Crippen molar-refractivity contribution < 1.29 is 9.47 Å². The van der Waals surface area contributed by atoms with E-state index >= 15 is 0 Å². The van der Waals surface area contributed by atoms with Gasteiger partial charge in [-0.2, -0.15) is 5.10 Å². The molecule has 0 atom stereocenters. The Morgan fingerprint density at radius 3 is 2.55 bits per heavy atom. The second kappa shape index (κ2) is 6.23. The molecule has 1 aromatic carbocycles. The van der Waals surface area contributed by atoms with E-state index in [1.54, 1.807) is 14.2 Å². The highest BCUT2D eigenvalue weighted by atomic mass is 16.5. The van der Waals surface area contributed by atoms with Gasteiger partial charge in [-0.15, -0.1) is 5.10 Å². The van der Waals surface area contributed by atoms with E-state index in [2.05, 4.69) is 15.5 Å². The summed E-state index contributed by atoms with van der Waals surface area (Å²) in [4.78, 5) is 0. The monoisotopic (exact) mass is 273 g/mol. The Morgan fingerprint density at radius 2 is 1.90 bits per heavy atom. The Kier molecular flexibility index (Phi) is 4.40. The minimum atomic E-state index is 0.595. The molecule has 5 heteroatoms. The predicted molar refractivity (Wildman–Crippen MR) is 78.4 cm³/mol. The topological polar surface area (TPSA) is 56.3 Å². The second-order valence-electron chi connectivity index (χ2n) is 4.50. The zero-order valence-corrected chi connectivity index (χ0v) is 12.2. The van der Waals surface area contributed by atoms with Gasteiger partial charge < -0.3 is 14.8 Å². The number of para-hydroxylation sites is 1. The van der Waals surface area contributed by atoms with E-state index < -0.39 is 0 Å². The van der Waals surface area contributed by atoms with E-state index in [1.165, 1.54) is 0 Å². The van der Waals surface area contributed by atoms with Crippen LogP contribution in [0.1, 0.15) is 16.8 Å². The number of benzene rings is 1. The molecule has 0 spiro atoms. The van der Waals surface area contributed by atoms with E-state index in [9.17, 15) is 0 Å². The van der Waals surface area contributed by atoms with Crippen LogP contribution in [-0.4, -0.2) is 24.4 Å². The number of ether oxygens (including phenoxy) is 2. The molecule has 0 aliphatic carbocycles. The molecule has 2 rings (SSSR count). The molecular formula is C15H19N3O2. The second-order valence-corrected chi connectivity index (χ2v) is 4.50. The fourth-order valence-electron chi connectivity index (χ4n) is 1.91. The van der Waals surface area contributed by atoms with Crippen LogP contribution in [0, 0.1) is 13.8 Å². The smallest absolute Gasteiger partial charge is 0.165 e. The molecule has 1 N–H and O–H groups in total. The molecule has 0 bridgehead atoms. The van der Waals surface area contributed by atoms with Gasteiger partial charge in [0, 0.05) is 12.1 Å². The van der Waals surface area contributed by atoms with Gasteiger partial charge in [0.05, 0.1) is 19.9 Å². The maximum absolute atomic E-state index is 5.40. The van der Waals surface area contributed by atoms with Crippen molar-refractivity contribution >= 4 is 5.82 Å². The van der Waals surface area contributed by atoms with Crippen molar-refractivity contribution in [3.05, 3.63) is 41.1 Å². The fraction of sp³-hybridized carbons (Fsp3) is 0.333. The quantitative estimate of drug-likeness (QED) is 0.907. The van der Waals surface area contributed by atoms with E-state index in [4.69, 9.17) is 9.47 Å². The molecule has 106 valence electrons. The van der Waals surface area contributed by atoms with E-state index in [0.29, 0.717) is 6.54 Å². The predicted octanol–water partition coefficient (Wildman–Crippen LogP) is 2.72. The highest BCUT2D eigenvalue weighted by Crippen LogP contribution is 2.30. The van der Waals surface area contributed by atoms with Crippen LogP contribution in [0.5, 0.6) is 11.5 Å². The fourth-order valence-corrected chi connectivity index (χ4v) is 1.91. The number of methoxy groups -OCH3 is 2. The van der Waals surface area contributed by atoms with Gasteiger partial charge in [-0.05, 0) is 31.5 Å². The van der Waals surface area contributed by atoms with Gasteiger partial charge in [0.25, 0.3) is 0 Å². The number of hydrogen-bond acceptors (Lipinski definition) is 5. The van der Waals surface area contributed by atoms with Crippen LogP contribution in [0.3, 0.4) is 0 Å². The average Bonchev–Trinajstić information content (AvgIpc) is 2.47.